The summed E-state index contributed by atoms with van der Waals surface area (Å²) >= 11 is 0. The second-order valence-electron chi connectivity index (χ2n) is 4.47. The highest BCUT2D eigenvalue weighted by Crippen LogP contribution is 2.08. The summed E-state index contributed by atoms with van der Waals surface area (Å²) in [7, 11) is 0. The minimum absolute atomic E-state index is 0.197. The molecule has 1 aromatic carbocycles. The summed E-state index contributed by atoms with van der Waals surface area (Å²) in [6.07, 6.45) is 1.71. The number of rotatable bonds is 3. The van der Waals surface area contributed by atoms with Gasteiger partial charge in [-0.15, -0.1) is 0 Å². The summed E-state index contributed by atoms with van der Waals surface area (Å²) in [6, 6.07) is 7.58. The van der Waals surface area contributed by atoms with Crippen molar-refractivity contribution in [3.63, 3.8) is 0 Å². The minimum Gasteiger partial charge on any atom is -0.291 e. The van der Waals surface area contributed by atoms with Crippen LogP contribution in [-0.4, -0.2) is 16.2 Å². The average Bonchev–Trinajstić information content (AvgIpc) is 2.32. The molecule has 0 fully saturated rings. The van der Waals surface area contributed by atoms with Crippen LogP contribution in [0.25, 0.3) is 0 Å². The lowest BCUT2D eigenvalue weighted by atomic mass is 10.1. The maximum atomic E-state index is 11.3. The van der Waals surface area contributed by atoms with Gasteiger partial charge in [0.25, 0.3) is 5.56 Å². The van der Waals surface area contributed by atoms with Gasteiger partial charge in [-0.1, -0.05) is 23.8 Å². The van der Waals surface area contributed by atoms with Gasteiger partial charge in [-0.05, 0) is 31.9 Å². The lowest BCUT2D eigenvalue weighted by Crippen LogP contribution is -2.10. The molecule has 0 aliphatic rings. The summed E-state index contributed by atoms with van der Waals surface area (Å²) in [5, 5.41) is 4.09. The molecule has 0 aliphatic carbocycles. The largest absolute Gasteiger partial charge is 0.291 e. The molecule has 0 saturated carbocycles. The molecule has 0 aliphatic heterocycles. The summed E-state index contributed by atoms with van der Waals surface area (Å²) in [5.74, 6) is 0.339. The van der Waals surface area contributed by atoms with Crippen molar-refractivity contribution in [2.75, 3.05) is 5.43 Å². The molecule has 0 atom stereocenters. The predicted molar refractivity (Wildman–Crippen MR) is 76.7 cm³/mol. The number of H-pyrrole nitrogens is 1. The second kappa shape index (κ2) is 5.48. The van der Waals surface area contributed by atoms with Crippen LogP contribution in [0.15, 0.2) is 34.2 Å². The number of benzene rings is 1. The van der Waals surface area contributed by atoms with Gasteiger partial charge >= 0.3 is 0 Å². The fraction of sp³-hybridized carbons (Fsp3) is 0.214. The fourth-order valence-electron chi connectivity index (χ4n) is 1.69. The Hall–Kier alpha value is -2.43. The molecule has 0 radical (unpaired) electrons. The van der Waals surface area contributed by atoms with Crippen LogP contribution in [0, 0.1) is 20.8 Å². The number of hydrogen-bond acceptors (Lipinski definition) is 4. The van der Waals surface area contributed by atoms with Gasteiger partial charge in [-0.2, -0.15) is 5.10 Å². The summed E-state index contributed by atoms with van der Waals surface area (Å²) in [6.45, 7) is 5.81. The van der Waals surface area contributed by atoms with E-state index in [0.717, 1.165) is 11.1 Å². The molecule has 5 heteroatoms. The molecule has 2 N–H and O–H groups in total. The molecule has 0 unspecified atom stereocenters. The molecular weight excluding hydrogens is 240 g/mol. The number of aromatic nitrogens is 2. The normalized spacial score (nSPS) is 10.9. The predicted octanol–water partition coefficient (Wildman–Crippen LogP) is 2.14. The number of nitrogens with zero attached hydrogens (tertiary/aromatic N) is 2. The molecule has 0 saturated heterocycles. The first-order valence-corrected chi connectivity index (χ1v) is 5.99. The zero-order valence-corrected chi connectivity index (χ0v) is 11.2. The Balaban J connectivity index is 2.15. The van der Waals surface area contributed by atoms with Crippen molar-refractivity contribution in [3.05, 3.63) is 57.0 Å². The van der Waals surface area contributed by atoms with Crippen molar-refractivity contribution in [3.8, 4) is 0 Å². The fourth-order valence-corrected chi connectivity index (χ4v) is 1.69. The van der Waals surface area contributed by atoms with Crippen LogP contribution in [0.5, 0.6) is 0 Å². The Bertz CT molecular complexity index is 673. The maximum Gasteiger partial charge on any atom is 0.252 e. The number of aromatic amines is 1. The first-order chi connectivity index (χ1) is 9.04. The first-order valence-electron chi connectivity index (χ1n) is 5.99. The van der Waals surface area contributed by atoms with E-state index in [2.05, 4.69) is 26.6 Å². The Morgan fingerprint density at radius 2 is 2.05 bits per heavy atom. The lowest BCUT2D eigenvalue weighted by Gasteiger charge is -2.02. The summed E-state index contributed by atoms with van der Waals surface area (Å²) in [5.41, 5.74) is 6.52. The van der Waals surface area contributed by atoms with E-state index in [1.165, 1.54) is 11.6 Å². The van der Waals surface area contributed by atoms with Crippen LogP contribution in [-0.2, 0) is 0 Å². The molecule has 98 valence electrons. The molecule has 2 aromatic rings. The molecule has 0 amide bonds. The molecule has 2 rings (SSSR count). The van der Waals surface area contributed by atoms with Gasteiger partial charge in [0.05, 0.1) is 6.21 Å². The third-order valence-corrected chi connectivity index (χ3v) is 2.68. The van der Waals surface area contributed by atoms with Crippen molar-refractivity contribution in [1.29, 1.82) is 0 Å². The minimum atomic E-state index is -0.197. The Morgan fingerprint density at radius 3 is 2.79 bits per heavy atom. The number of hydrazone groups is 1. The number of nitrogens with one attached hydrogen (secondary N) is 2. The van der Waals surface area contributed by atoms with Crippen LogP contribution in [0.2, 0.25) is 0 Å². The highest BCUT2D eigenvalue weighted by molar-refractivity contribution is 5.82. The number of aryl methyl sites for hydroxylation is 3. The molecule has 1 heterocycles. The standard InChI is InChI=1S/C14H16N4O/c1-9-4-5-10(2)12(6-9)8-15-18-14-16-11(3)7-13(19)17-14/h4-8H,1-3H3,(H2,16,17,18,19)/b15-8-. The van der Waals surface area contributed by atoms with E-state index >= 15 is 0 Å². The van der Waals surface area contributed by atoms with Gasteiger partial charge in [0.1, 0.15) is 0 Å². The van der Waals surface area contributed by atoms with E-state index < -0.39 is 0 Å². The van der Waals surface area contributed by atoms with Gasteiger partial charge in [0.15, 0.2) is 0 Å². The van der Waals surface area contributed by atoms with Crippen molar-refractivity contribution < 1.29 is 0 Å². The van der Waals surface area contributed by atoms with E-state index in [1.54, 1.807) is 13.1 Å². The zero-order chi connectivity index (χ0) is 13.8. The number of hydrogen-bond donors (Lipinski definition) is 2. The first kappa shape index (κ1) is 13.0. The molecule has 1 aromatic heterocycles. The van der Waals surface area contributed by atoms with Crippen LogP contribution in [0.1, 0.15) is 22.4 Å². The lowest BCUT2D eigenvalue weighted by molar-refractivity contribution is 1.04. The van der Waals surface area contributed by atoms with Crippen LogP contribution in [0.4, 0.5) is 5.95 Å². The molecule has 0 spiro atoms. The maximum absolute atomic E-state index is 11.3. The van der Waals surface area contributed by atoms with Crippen LogP contribution >= 0.6 is 0 Å². The van der Waals surface area contributed by atoms with E-state index in [1.807, 2.05) is 26.0 Å². The topological polar surface area (TPSA) is 70.1 Å². The third kappa shape index (κ3) is 3.51. The SMILES string of the molecule is Cc1ccc(C)c(/C=N\Nc2nc(C)cc(=O)[nH]2)c1. The van der Waals surface area contributed by atoms with Gasteiger partial charge in [0, 0.05) is 11.8 Å². The van der Waals surface area contributed by atoms with Gasteiger partial charge in [-0.3, -0.25) is 9.78 Å². The van der Waals surface area contributed by atoms with Gasteiger partial charge < -0.3 is 0 Å². The third-order valence-electron chi connectivity index (χ3n) is 2.68. The van der Waals surface area contributed by atoms with Crippen LogP contribution in [0.3, 0.4) is 0 Å². The van der Waals surface area contributed by atoms with Crippen molar-refractivity contribution in [2.24, 2.45) is 5.10 Å². The highest BCUT2D eigenvalue weighted by atomic mass is 16.1. The molecule has 19 heavy (non-hydrogen) atoms. The van der Waals surface area contributed by atoms with Gasteiger partial charge in [0.2, 0.25) is 5.95 Å². The summed E-state index contributed by atoms with van der Waals surface area (Å²) < 4.78 is 0. The van der Waals surface area contributed by atoms with Crippen molar-refractivity contribution >= 4 is 12.2 Å². The monoisotopic (exact) mass is 256 g/mol. The van der Waals surface area contributed by atoms with E-state index in [4.69, 9.17) is 0 Å². The number of anilines is 1. The van der Waals surface area contributed by atoms with E-state index in [9.17, 15) is 4.79 Å². The smallest absolute Gasteiger partial charge is 0.252 e. The average molecular weight is 256 g/mol. The van der Waals surface area contributed by atoms with E-state index in [0.29, 0.717) is 11.6 Å². The Kier molecular flexibility index (Phi) is 3.75. The quantitative estimate of drug-likeness (QED) is 0.653. The Morgan fingerprint density at radius 1 is 1.26 bits per heavy atom. The highest BCUT2D eigenvalue weighted by Gasteiger charge is 1.97. The molecule has 5 nitrogen and oxygen atoms in total. The second-order valence-corrected chi connectivity index (χ2v) is 4.47. The molecule has 0 bridgehead atoms. The molecular formula is C14H16N4O. The zero-order valence-electron chi connectivity index (χ0n) is 11.2. The van der Waals surface area contributed by atoms with Crippen molar-refractivity contribution in [2.45, 2.75) is 20.8 Å². The van der Waals surface area contributed by atoms with Crippen molar-refractivity contribution in [1.82, 2.24) is 9.97 Å². The summed E-state index contributed by atoms with van der Waals surface area (Å²) in [4.78, 5) is 17.9. The van der Waals surface area contributed by atoms with Crippen LogP contribution < -0.4 is 11.0 Å². The Labute approximate surface area is 111 Å². The van der Waals surface area contributed by atoms with E-state index in [-0.39, 0.29) is 5.56 Å². The van der Waals surface area contributed by atoms with Gasteiger partial charge in [-0.25, -0.2) is 10.4 Å².